The van der Waals surface area contributed by atoms with Crippen LogP contribution < -0.4 is 0 Å². The molecule has 0 saturated heterocycles. The highest BCUT2D eigenvalue weighted by atomic mass is 79.9. The SMILES string of the molecule is C#C[C@@H](O)c1cc(Br)ccc1O. The molecule has 1 aromatic rings. The Morgan fingerprint density at radius 1 is 1.50 bits per heavy atom. The summed E-state index contributed by atoms with van der Waals surface area (Å²) < 4.78 is 0.768. The Morgan fingerprint density at radius 2 is 2.17 bits per heavy atom. The zero-order valence-electron chi connectivity index (χ0n) is 6.16. The molecule has 0 bridgehead atoms. The molecule has 0 aromatic heterocycles. The number of hydrogen-bond donors (Lipinski definition) is 2. The molecule has 1 aromatic carbocycles. The second kappa shape index (κ2) is 3.61. The third-order valence-corrected chi connectivity index (χ3v) is 1.94. The summed E-state index contributed by atoms with van der Waals surface area (Å²) in [5.74, 6) is 2.13. The molecule has 0 aliphatic rings. The molecule has 0 fully saturated rings. The maximum Gasteiger partial charge on any atom is 0.143 e. The molecule has 0 aliphatic carbocycles. The van der Waals surface area contributed by atoms with Crippen LogP contribution in [-0.2, 0) is 0 Å². The fourth-order valence-corrected chi connectivity index (χ4v) is 1.21. The van der Waals surface area contributed by atoms with Crippen molar-refractivity contribution in [3.8, 4) is 18.1 Å². The summed E-state index contributed by atoms with van der Waals surface area (Å²) in [5.41, 5.74) is 0.340. The molecule has 12 heavy (non-hydrogen) atoms. The molecule has 0 spiro atoms. The summed E-state index contributed by atoms with van der Waals surface area (Å²) in [6.07, 6.45) is 3.94. The van der Waals surface area contributed by atoms with E-state index in [0.29, 0.717) is 5.56 Å². The van der Waals surface area contributed by atoms with Gasteiger partial charge in [-0.05, 0) is 18.2 Å². The van der Waals surface area contributed by atoms with Gasteiger partial charge in [0.1, 0.15) is 11.9 Å². The average molecular weight is 227 g/mol. The fraction of sp³-hybridized carbons (Fsp3) is 0.111. The van der Waals surface area contributed by atoms with Gasteiger partial charge in [-0.2, -0.15) is 0 Å². The first-order valence-electron chi connectivity index (χ1n) is 3.27. The number of halogens is 1. The lowest BCUT2D eigenvalue weighted by Crippen LogP contribution is -1.93. The van der Waals surface area contributed by atoms with Crippen molar-refractivity contribution in [3.63, 3.8) is 0 Å². The van der Waals surface area contributed by atoms with Crippen LogP contribution in [0.1, 0.15) is 11.7 Å². The third kappa shape index (κ3) is 1.79. The molecular weight excluding hydrogens is 220 g/mol. The van der Waals surface area contributed by atoms with Crippen molar-refractivity contribution < 1.29 is 10.2 Å². The minimum absolute atomic E-state index is 0.00338. The van der Waals surface area contributed by atoms with Gasteiger partial charge in [-0.25, -0.2) is 0 Å². The van der Waals surface area contributed by atoms with Gasteiger partial charge >= 0.3 is 0 Å². The summed E-state index contributed by atoms with van der Waals surface area (Å²) in [6.45, 7) is 0. The van der Waals surface area contributed by atoms with Gasteiger partial charge in [0, 0.05) is 10.0 Å². The number of terminal acetylenes is 1. The molecule has 2 nitrogen and oxygen atoms in total. The van der Waals surface area contributed by atoms with E-state index in [0.717, 1.165) is 4.47 Å². The van der Waals surface area contributed by atoms with E-state index in [1.807, 2.05) is 0 Å². The molecule has 0 aliphatic heterocycles. The van der Waals surface area contributed by atoms with E-state index in [-0.39, 0.29) is 5.75 Å². The highest BCUT2D eigenvalue weighted by molar-refractivity contribution is 9.10. The molecular formula is C9H7BrO2. The van der Waals surface area contributed by atoms with E-state index in [2.05, 4.69) is 21.9 Å². The van der Waals surface area contributed by atoms with E-state index in [9.17, 15) is 10.2 Å². The first-order chi connectivity index (χ1) is 5.65. The Bertz CT molecular complexity index is 328. The van der Waals surface area contributed by atoms with Crippen molar-refractivity contribution in [1.29, 1.82) is 0 Å². The van der Waals surface area contributed by atoms with Crippen molar-refractivity contribution in [1.82, 2.24) is 0 Å². The standard InChI is InChI=1S/C9H7BrO2/c1-2-8(11)7-5-6(10)3-4-9(7)12/h1,3-5,8,11-12H/t8-/m1/s1. The van der Waals surface area contributed by atoms with Crippen LogP contribution >= 0.6 is 15.9 Å². The second-order valence-electron chi connectivity index (χ2n) is 2.27. The highest BCUT2D eigenvalue weighted by Crippen LogP contribution is 2.26. The normalized spacial score (nSPS) is 12.1. The van der Waals surface area contributed by atoms with Gasteiger partial charge in [0.15, 0.2) is 0 Å². The maximum absolute atomic E-state index is 9.26. The number of benzene rings is 1. The Morgan fingerprint density at radius 3 is 2.75 bits per heavy atom. The van der Waals surface area contributed by atoms with Crippen LogP contribution in [0.3, 0.4) is 0 Å². The van der Waals surface area contributed by atoms with Crippen LogP contribution in [0.25, 0.3) is 0 Å². The summed E-state index contributed by atoms with van der Waals surface area (Å²) in [5, 5.41) is 18.5. The number of aliphatic hydroxyl groups excluding tert-OH is 1. The van der Waals surface area contributed by atoms with Crippen molar-refractivity contribution in [3.05, 3.63) is 28.2 Å². The van der Waals surface area contributed by atoms with Gasteiger partial charge in [-0.1, -0.05) is 21.9 Å². The number of aromatic hydroxyl groups is 1. The minimum atomic E-state index is -1.05. The van der Waals surface area contributed by atoms with Crippen molar-refractivity contribution >= 4 is 15.9 Å². The van der Waals surface area contributed by atoms with Gasteiger partial charge in [0.25, 0.3) is 0 Å². The van der Waals surface area contributed by atoms with Gasteiger partial charge in [-0.3, -0.25) is 0 Å². The Labute approximate surface area is 79.0 Å². The smallest absolute Gasteiger partial charge is 0.143 e. The zero-order valence-corrected chi connectivity index (χ0v) is 7.75. The quantitative estimate of drug-likeness (QED) is 0.718. The summed E-state index contributed by atoms with van der Waals surface area (Å²) in [6, 6.07) is 4.72. The number of phenolic OH excluding ortho intramolecular Hbond substituents is 1. The first-order valence-corrected chi connectivity index (χ1v) is 4.07. The van der Waals surface area contributed by atoms with Gasteiger partial charge in [0.2, 0.25) is 0 Å². The van der Waals surface area contributed by atoms with Crippen LogP contribution in [0.2, 0.25) is 0 Å². The van der Waals surface area contributed by atoms with Crippen molar-refractivity contribution in [2.75, 3.05) is 0 Å². The third-order valence-electron chi connectivity index (χ3n) is 1.44. The Balaban J connectivity index is 3.15. The van der Waals surface area contributed by atoms with Crippen LogP contribution in [0.4, 0.5) is 0 Å². The molecule has 0 unspecified atom stereocenters. The molecule has 0 amide bonds. The molecule has 0 heterocycles. The number of rotatable bonds is 1. The number of phenols is 1. The van der Waals surface area contributed by atoms with Gasteiger partial charge in [0.05, 0.1) is 0 Å². The van der Waals surface area contributed by atoms with E-state index in [1.54, 1.807) is 12.1 Å². The van der Waals surface area contributed by atoms with Crippen LogP contribution in [0.15, 0.2) is 22.7 Å². The second-order valence-corrected chi connectivity index (χ2v) is 3.19. The summed E-state index contributed by atoms with van der Waals surface area (Å²) in [4.78, 5) is 0. The lowest BCUT2D eigenvalue weighted by atomic mass is 10.1. The topological polar surface area (TPSA) is 40.5 Å². The molecule has 62 valence electrons. The minimum Gasteiger partial charge on any atom is -0.508 e. The Hall–Kier alpha value is -0.980. The Kier molecular flexibility index (Phi) is 2.74. The molecule has 2 N–H and O–H groups in total. The number of hydrogen-bond acceptors (Lipinski definition) is 2. The zero-order chi connectivity index (χ0) is 9.14. The lowest BCUT2D eigenvalue weighted by molar-refractivity contribution is 0.233. The van der Waals surface area contributed by atoms with E-state index >= 15 is 0 Å². The van der Waals surface area contributed by atoms with Crippen molar-refractivity contribution in [2.24, 2.45) is 0 Å². The van der Waals surface area contributed by atoms with E-state index in [1.165, 1.54) is 6.07 Å². The molecule has 0 saturated carbocycles. The van der Waals surface area contributed by atoms with Crippen LogP contribution in [0.5, 0.6) is 5.75 Å². The van der Waals surface area contributed by atoms with Gasteiger partial charge < -0.3 is 10.2 Å². The van der Waals surface area contributed by atoms with E-state index in [4.69, 9.17) is 6.42 Å². The fourth-order valence-electron chi connectivity index (χ4n) is 0.834. The maximum atomic E-state index is 9.26. The molecule has 3 heteroatoms. The summed E-state index contributed by atoms with van der Waals surface area (Å²) >= 11 is 3.20. The highest BCUT2D eigenvalue weighted by Gasteiger charge is 2.08. The lowest BCUT2D eigenvalue weighted by Gasteiger charge is -2.06. The van der Waals surface area contributed by atoms with Crippen LogP contribution in [0, 0.1) is 12.3 Å². The molecule has 1 atom stereocenters. The summed E-state index contributed by atoms with van der Waals surface area (Å²) in [7, 11) is 0. The number of aliphatic hydroxyl groups is 1. The predicted octanol–water partition coefficient (Wildman–Crippen LogP) is 1.82. The molecule has 0 radical (unpaired) electrons. The predicted molar refractivity (Wildman–Crippen MR) is 49.6 cm³/mol. The molecule has 1 rings (SSSR count). The van der Waals surface area contributed by atoms with Crippen molar-refractivity contribution in [2.45, 2.75) is 6.10 Å². The largest absolute Gasteiger partial charge is 0.508 e. The van der Waals surface area contributed by atoms with Crippen LogP contribution in [-0.4, -0.2) is 10.2 Å². The van der Waals surface area contributed by atoms with E-state index < -0.39 is 6.10 Å². The average Bonchev–Trinajstić information content (AvgIpc) is 2.08. The monoisotopic (exact) mass is 226 g/mol. The van der Waals surface area contributed by atoms with Gasteiger partial charge in [-0.15, -0.1) is 6.42 Å². The first kappa shape index (κ1) is 9.11.